The Kier molecular flexibility index (Phi) is 3.20. The number of nitrogens with zero attached hydrogens (tertiary/aromatic N) is 2. The lowest BCUT2D eigenvalue weighted by molar-refractivity contribution is 0.255. The summed E-state index contributed by atoms with van der Waals surface area (Å²) in [7, 11) is 0. The van der Waals surface area contributed by atoms with Gasteiger partial charge in [-0.1, -0.05) is 0 Å². The summed E-state index contributed by atoms with van der Waals surface area (Å²) < 4.78 is 0. The molecule has 3 nitrogen and oxygen atoms in total. The molecule has 0 amide bonds. The molecule has 4 rings (SSSR count). The van der Waals surface area contributed by atoms with Gasteiger partial charge in [0.05, 0.1) is 0 Å². The van der Waals surface area contributed by atoms with Crippen molar-refractivity contribution in [2.45, 2.75) is 18.9 Å². The van der Waals surface area contributed by atoms with E-state index >= 15 is 0 Å². The van der Waals surface area contributed by atoms with Crippen molar-refractivity contribution in [2.24, 2.45) is 5.92 Å². The Labute approximate surface area is 123 Å². The van der Waals surface area contributed by atoms with Gasteiger partial charge in [-0.3, -0.25) is 0 Å². The molecule has 2 saturated heterocycles. The molecule has 1 N–H and O–H groups in total. The van der Waals surface area contributed by atoms with Gasteiger partial charge in [-0.05, 0) is 49.6 Å². The topological polar surface area (TPSA) is 28.2 Å². The van der Waals surface area contributed by atoms with Crippen LogP contribution in [0.5, 0.6) is 0 Å². The number of hydrogen-bond acceptors (Lipinski definition) is 4. The molecule has 2 aliphatic rings. The average Bonchev–Trinajstić information content (AvgIpc) is 3.14. The van der Waals surface area contributed by atoms with Gasteiger partial charge in [0.25, 0.3) is 0 Å². The van der Waals surface area contributed by atoms with Crippen molar-refractivity contribution >= 4 is 17.0 Å². The number of nitrogens with one attached hydrogen (secondary N) is 1. The second-order valence-electron chi connectivity index (χ2n) is 5.80. The summed E-state index contributed by atoms with van der Waals surface area (Å²) in [6, 6.07) is 9.38. The number of benzene rings is 1. The molecule has 2 aromatic rings. The van der Waals surface area contributed by atoms with E-state index in [1.165, 1.54) is 43.7 Å². The van der Waals surface area contributed by atoms with Gasteiger partial charge < -0.3 is 10.2 Å². The minimum absolute atomic E-state index is 0.652. The van der Waals surface area contributed by atoms with E-state index in [0.29, 0.717) is 6.04 Å². The lowest BCUT2D eigenvalue weighted by Gasteiger charge is -2.31. The third kappa shape index (κ3) is 2.34. The smallest absolute Gasteiger partial charge is 0.123 e. The molecule has 3 unspecified atom stereocenters. The van der Waals surface area contributed by atoms with Gasteiger partial charge in [0.2, 0.25) is 0 Å². The molecule has 0 spiro atoms. The fraction of sp³-hybridized carbons (Fsp3) is 0.438. The van der Waals surface area contributed by atoms with Crippen molar-refractivity contribution in [3.05, 3.63) is 35.8 Å². The molecule has 104 valence electrons. The fourth-order valence-electron chi connectivity index (χ4n) is 3.43. The molecule has 2 bridgehead atoms. The molecule has 0 saturated carbocycles. The minimum atomic E-state index is 0.652. The van der Waals surface area contributed by atoms with Crippen LogP contribution in [0.2, 0.25) is 0 Å². The third-order valence-electron chi connectivity index (χ3n) is 4.55. The highest BCUT2D eigenvalue weighted by atomic mass is 32.1. The van der Waals surface area contributed by atoms with E-state index in [-0.39, 0.29) is 0 Å². The van der Waals surface area contributed by atoms with E-state index in [0.717, 1.165) is 10.9 Å². The molecular weight excluding hydrogens is 266 g/mol. The van der Waals surface area contributed by atoms with Gasteiger partial charge >= 0.3 is 0 Å². The van der Waals surface area contributed by atoms with Crippen LogP contribution in [-0.2, 0) is 0 Å². The third-order valence-corrected chi connectivity index (χ3v) is 5.37. The highest BCUT2D eigenvalue weighted by Crippen LogP contribution is 2.30. The zero-order valence-corrected chi connectivity index (χ0v) is 12.3. The predicted octanol–water partition coefficient (Wildman–Crippen LogP) is 3.32. The second kappa shape index (κ2) is 5.19. The molecule has 3 heterocycles. The molecule has 3 atom stereocenters. The van der Waals surface area contributed by atoms with Crippen LogP contribution in [0.4, 0.5) is 5.69 Å². The first-order valence-electron chi connectivity index (χ1n) is 7.37. The van der Waals surface area contributed by atoms with Gasteiger partial charge in [0.1, 0.15) is 5.01 Å². The molecule has 2 fully saturated rings. The van der Waals surface area contributed by atoms with Crippen LogP contribution in [0, 0.1) is 5.92 Å². The Morgan fingerprint density at radius 2 is 2.00 bits per heavy atom. The highest BCUT2D eigenvalue weighted by Gasteiger charge is 2.33. The normalized spacial score (nSPS) is 28.5. The van der Waals surface area contributed by atoms with E-state index in [2.05, 4.69) is 39.5 Å². The molecule has 1 aromatic heterocycles. The van der Waals surface area contributed by atoms with Gasteiger partial charge in [0.15, 0.2) is 0 Å². The maximum Gasteiger partial charge on any atom is 0.123 e. The monoisotopic (exact) mass is 285 g/mol. The fourth-order valence-corrected chi connectivity index (χ4v) is 4.08. The first-order valence-corrected chi connectivity index (χ1v) is 8.25. The number of hydrogen-bond donors (Lipinski definition) is 1. The van der Waals surface area contributed by atoms with Crippen molar-refractivity contribution in [1.29, 1.82) is 0 Å². The predicted molar refractivity (Wildman–Crippen MR) is 84.1 cm³/mol. The Bertz CT molecular complexity index is 564. The summed E-state index contributed by atoms with van der Waals surface area (Å²) >= 11 is 1.69. The Morgan fingerprint density at radius 3 is 2.80 bits per heavy atom. The quantitative estimate of drug-likeness (QED) is 0.937. The van der Waals surface area contributed by atoms with Crippen LogP contribution >= 0.6 is 11.3 Å². The number of fused-ring (bicyclic) bond motifs is 2. The number of rotatable bonds is 3. The van der Waals surface area contributed by atoms with E-state index in [9.17, 15) is 0 Å². The molecule has 0 aliphatic carbocycles. The summed E-state index contributed by atoms with van der Waals surface area (Å²) in [5, 5.41) is 6.86. The van der Waals surface area contributed by atoms with Gasteiger partial charge in [0, 0.05) is 42.0 Å². The summed E-state index contributed by atoms with van der Waals surface area (Å²) in [6.45, 7) is 3.84. The van der Waals surface area contributed by atoms with Crippen molar-refractivity contribution in [2.75, 3.05) is 25.0 Å². The summed E-state index contributed by atoms with van der Waals surface area (Å²) in [6.07, 6.45) is 4.49. The standard InChI is InChI=1S/C16H19N3S/c1-3-14(4-2-12(1)16-17-7-10-20-16)18-15-6-9-19-8-5-13(15)11-19/h1-4,7,10,13,15,18H,5-6,8-9,11H2. The first kappa shape index (κ1) is 12.4. The highest BCUT2D eigenvalue weighted by molar-refractivity contribution is 7.13. The van der Waals surface area contributed by atoms with Crippen molar-refractivity contribution in [3.63, 3.8) is 0 Å². The summed E-state index contributed by atoms with van der Waals surface area (Å²) in [5.74, 6) is 0.836. The van der Waals surface area contributed by atoms with Crippen LogP contribution in [0.15, 0.2) is 35.8 Å². The molecule has 2 aliphatic heterocycles. The van der Waals surface area contributed by atoms with E-state index in [1.807, 2.05) is 11.6 Å². The first-order chi connectivity index (χ1) is 9.88. The molecule has 1 aromatic carbocycles. The largest absolute Gasteiger partial charge is 0.382 e. The number of aromatic nitrogens is 1. The lowest BCUT2D eigenvalue weighted by atomic mass is 9.94. The average molecular weight is 285 g/mol. The van der Waals surface area contributed by atoms with E-state index in [1.54, 1.807) is 11.3 Å². The zero-order chi connectivity index (χ0) is 13.4. The van der Waals surface area contributed by atoms with Crippen molar-refractivity contribution in [3.8, 4) is 10.6 Å². The van der Waals surface area contributed by atoms with Gasteiger partial charge in [-0.2, -0.15) is 0 Å². The zero-order valence-electron chi connectivity index (χ0n) is 11.5. The van der Waals surface area contributed by atoms with Gasteiger partial charge in [-0.25, -0.2) is 4.98 Å². The molecule has 4 heteroatoms. The maximum atomic E-state index is 4.36. The van der Waals surface area contributed by atoms with E-state index < -0.39 is 0 Å². The number of thiazole rings is 1. The molecular formula is C16H19N3S. The second-order valence-corrected chi connectivity index (χ2v) is 6.70. The van der Waals surface area contributed by atoms with Crippen molar-refractivity contribution < 1.29 is 0 Å². The number of piperidine rings is 1. The Morgan fingerprint density at radius 1 is 1.15 bits per heavy atom. The van der Waals surface area contributed by atoms with Crippen LogP contribution in [0.3, 0.4) is 0 Å². The Balaban J connectivity index is 1.46. The minimum Gasteiger partial charge on any atom is -0.382 e. The van der Waals surface area contributed by atoms with E-state index in [4.69, 9.17) is 0 Å². The van der Waals surface area contributed by atoms with Crippen LogP contribution in [-0.4, -0.2) is 35.6 Å². The van der Waals surface area contributed by atoms with Crippen molar-refractivity contribution in [1.82, 2.24) is 9.88 Å². The van der Waals surface area contributed by atoms with Crippen LogP contribution in [0.25, 0.3) is 10.6 Å². The lowest BCUT2D eigenvalue weighted by Crippen LogP contribution is -2.39. The summed E-state index contributed by atoms with van der Waals surface area (Å²) in [5.41, 5.74) is 2.46. The van der Waals surface area contributed by atoms with Gasteiger partial charge in [-0.15, -0.1) is 11.3 Å². The van der Waals surface area contributed by atoms with Crippen LogP contribution in [0.1, 0.15) is 12.8 Å². The number of anilines is 1. The van der Waals surface area contributed by atoms with Crippen LogP contribution < -0.4 is 5.32 Å². The molecule has 0 radical (unpaired) electrons. The Hall–Kier alpha value is -1.39. The SMILES string of the molecule is c1csc(-c2ccc(NC3CCN4CCC3C4)cc2)n1. The summed E-state index contributed by atoms with van der Waals surface area (Å²) in [4.78, 5) is 6.95. The maximum absolute atomic E-state index is 4.36. The molecule has 20 heavy (non-hydrogen) atoms.